The predicted octanol–water partition coefficient (Wildman–Crippen LogP) is 2.84. The summed E-state index contributed by atoms with van der Waals surface area (Å²) in [4.78, 5) is 12.1. The molecule has 1 fully saturated rings. The van der Waals surface area contributed by atoms with Crippen LogP contribution in [0, 0.1) is 5.92 Å². The SMILES string of the molecule is COc1cc(NC(=O)C2CCCC2)cc(OC)c1OC. The number of hydrogen-bond acceptors (Lipinski definition) is 4. The van der Waals surface area contributed by atoms with Gasteiger partial charge >= 0.3 is 0 Å². The van der Waals surface area contributed by atoms with Gasteiger partial charge in [-0.05, 0) is 12.8 Å². The largest absolute Gasteiger partial charge is 0.493 e. The van der Waals surface area contributed by atoms with Crippen molar-refractivity contribution in [2.75, 3.05) is 26.6 Å². The van der Waals surface area contributed by atoms with E-state index in [-0.39, 0.29) is 11.8 Å². The van der Waals surface area contributed by atoms with Crippen LogP contribution in [-0.4, -0.2) is 27.2 Å². The Morgan fingerprint density at radius 1 is 1.05 bits per heavy atom. The minimum absolute atomic E-state index is 0.0665. The molecule has 5 heteroatoms. The quantitative estimate of drug-likeness (QED) is 0.900. The first-order valence-corrected chi connectivity index (χ1v) is 6.80. The highest BCUT2D eigenvalue weighted by molar-refractivity contribution is 5.93. The number of anilines is 1. The number of nitrogens with one attached hydrogen (secondary N) is 1. The third-order valence-electron chi connectivity index (χ3n) is 3.66. The fourth-order valence-corrected chi connectivity index (χ4v) is 2.59. The van der Waals surface area contributed by atoms with Gasteiger partial charge in [0, 0.05) is 23.7 Å². The van der Waals surface area contributed by atoms with Crippen LogP contribution in [0.5, 0.6) is 17.2 Å². The normalized spacial score (nSPS) is 14.9. The zero-order chi connectivity index (χ0) is 14.5. The van der Waals surface area contributed by atoms with Gasteiger partial charge in [-0.1, -0.05) is 12.8 Å². The number of methoxy groups -OCH3 is 3. The third-order valence-corrected chi connectivity index (χ3v) is 3.66. The summed E-state index contributed by atoms with van der Waals surface area (Å²) in [5.41, 5.74) is 0.663. The van der Waals surface area contributed by atoms with Crippen LogP contribution in [0.4, 0.5) is 5.69 Å². The van der Waals surface area contributed by atoms with Crippen LogP contribution < -0.4 is 19.5 Å². The smallest absolute Gasteiger partial charge is 0.227 e. The van der Waals surface area contributed by atoms with Crippen LogP contribution in [0.1, 0.15) is 25.7 Å². The molecule has 0 bridgehead atoms. The van der Waals surface area contributed by atoms with Crippen LogP contribution >= 0.6 is 0 Å². The predicted molar refractivity (Wildman–Crippen MR) is 76.7 cm³/mol. The van der Waals surface area contributed by atoms with Gasteiger partial charge in [0.05, 0.1) is 21.3 Å². The van der Waals surface area contributed by atoms with E-state index in [1.165, 1.54) is 0 Å². The average molecular weight is 279 g/mol. The molecule has 1 aliphatic rings. The summed E-state index contributed by atoms with van der Waals surface area (Å²) in [6, 6.07) is 3.49. The Kier molecular flexibility index (Phi) is 4.71. The molecule has 1 amide bonds. The second-order valence-electron chi connectivity index (χ2n) is 4.88. The molecule has 1 aromatic carbocycles. The number of rotatable bonds is 5. The fraction of sp³-hybridized carbons (Fsp3) is 0.533. The Morgan fingerprint density at radius 3 is 2.05 bits per heavy atom. The van der Waals surface area contributed by atoms with E-state index in [1.54, 1.807) is 33.5 Å². The highest BCUT2D eigenvalue weighted by Gasteiger charge is 2.23. The maximum absolute atomic E-state index is 12.1. The van der Waals surface area contributed by atoms with E-state index in [0.29, 0.717) is 22.9 Å². The molecule has 1 aliphatic carbocycles. The molecule has 1 saturated carbocycles. The molecule has 1 aromatic rings. The number of ether oxygens (including phenoxy) is 3. The van der Waals surface area contributed by atoms with E-state index in [4.69, 9.17) is 14.2 Å². The van der Waals surface area contributed by atoms with Crippen molar-refractivity contribution in [2.45, 2.75) is 25.7 Å². The van der Waals surface area contributed by atoms with E-state index < -0.39 is 0 Å². The van der Waals surface area contributed by atoms with Crippen LogP contribution in [0.3, 0.4) is 0 Å². The van der Waals surface area contributed by atoms with E-state index in [9.17, 15) is 4.79 Å². The summed E-state index contributed by atoms with van der Waals surface area (Å²) in [7, 11) is 4.66. The first kappa shape index (κ1) is 14.5. The maximum atomic E-state index is 12.1. The molecule has 1 N–H and O–H groups in total. The minimum Gasteiger partial charge on any atom is -0.493 e. The molecule has 0 radical (unpaired) electrons. The second kappa shape index (κ2) is 6.50. The molecule has 0 spiro atoms. The molecular weight excluding hydrogens is 258 g/mol. The van der Waals surface area contributed by atoms with E-state index in [0.717, 1.165) is 25.7 Å². The van der Waals surface area contributed by atoms with Gasteiger partial charge in [-0.2, -0.15) is 0 Å². The van der Waals surface area contributed by atoms with Crippen LogP contribution in [-0.2, 0) is 4.79 Å². The zero-order valence-corrected chi connectivity index (χ0v) is 12.2. The topological polar surface area (TPSA) is 56.8 Å². The summed E-state index contributed by atoms with van der Waals surface area (Å²) in [5, 5.41) is 2.93. The van der Waals surface area contributed by atoms with Gasteiger partial charge in [-0.15, -0.1) is 0 Å². The number of hydrogen-bond donors (Lipinski definition) is 1. The second-order valence-corrected chi connectivity index (χ2v) is 4.88. The van der Waals surface area contributed by atoms with Gasteiger partial charge in [-0.25, -0.2) is 0 Å². The highest BCUT2D eigenvalue weighted by atomic mass is 16.5. The van der Waals surface area contributed by atoms with Gasteiger partial charge in [0.1, 0.15) is 0 Å². The summed E-state index contributed by atoms with van der Waals surface area (Å²) in [5.74, 6) is 1.78. The lowest BCUT2D eigenvalue weighted by atomic mass is 10.1. The van der Waals surface area contributed by atoms with Crippen molar-refractivity contribution in [1.29, 1.82) is 0 Å². The molecule has 0 saturated heterocycles. The lowest BCUT2D eigenvalue weighted by molar-refractivity contribution is -0.119. The fourth-order valence-electron chi connectivity index (χ4n) is 2.59. The number of carbonyl (C=O) groups excluding carboxylic acids is 1. The standard InChI is InChI=1S/C15H21NO4/c1-18-12-8-11(9-13(19-2)14(12)20-3)16-15(17)10-6-4-5-7-10/h8-10H,4-7H2,1-3H3,(H,16,17). The monoisotopic (exact) mass is 279 g/mol. The Balaban J connectivity index is 2.21. The molecule has 110 valence electrons. The van der Waals surface area contributed by atoms with Crippen molar-refractivity contribution < 1.29 is 19.0 Å². The lowest BCUT2D eigenvalue weighted by Crippen LogP contribution is -2.20. The van der Waals surface area contributed by atoms with E-state index in [1.807, 2.05) is 0 Å². The first-order chi connectivity index (χ1) is 9.69. The van der Waals surface area contributed by atoms with Gasteiger partial charge in [0.25, 0.3) is 0 Å². The summed E-state index contributed by atoms with van der Waals surface area (Å²) < 4.78 is 15.8. The van der Waals surface area contributed by atoms with Gasteiger partial charge in [0.15, 0.2) is 11.5 Å². The summed E-state index contributed by atoms with van der Waals surface area (Å²) in [6.07, 6.45) is 4.20. The number of benzene rings is 1. The molecule has 0 unspecified atom stereocenters. The minimum atomic E-state index is 0.0665. The molecule has 0 heterocycles. The van der Waals surface area contributed by atoms with Crippen molar-refractivity contribution in [3.63, 3.8) is 0 Å². The Bertz CT molecular complexity index is 456. The molecule has 2 rings (SSSR count). The molecule has 0 aromatic heterocycles. The molecule has 20 heavy (non-hydrogen) atoms. The Labute approximate surface area is 119 Å². The molecular formula is C15H21NO4. The van der Waals surface area contributed by atoms with Gasteiger partial charge < -0.3 is 19.5 Å². The van der Waals surface area contributed by atoms with E-state index >= 15 is 0 Å². The number of amides is 1. The first-order valence-electron chi connectivity index (χ1n) is 6.80. The van der Waals surface area contributed by atoms with Crippen LogP contribution in [0.15, 0.2) is 12.1 Å². The average Bonchev–Trinajstić information content (AvgIpc) is 3.00. The molecule has 0 aliphatic heterocycles. The molecule has 5 nitrogen and oxygen atoms in total. The van der Waals surface area contributed by atoms with Crippen LogP contribution in [0.2, 0.25) is 0 Å². The summed E-state index contributed by atoms with van der Waals surface area (Å²) in [6.45, 7) is 0. The Hall–Kier alpha value is -1.91. The van der Waals surface area contributed by atoms with Crippen molar-refractivity contribution in [3.05, 3.63) is 12.1 Å². The number of carbonyl (C=O) groups is 1. The van der Waals surface area contributed by atoms with Crippen LogP contribution in [0.25, 0.3) is 0 Å². The van der Waals surface area contributed by atoms with Gasteiger partial charge in [-0.3, -0.25) is 4.79 Å². The summed E-state index contributed by atoms with van der Waals surface area (Å²) >= 11 is 0. The van der Waals surface area contributed by atoms with Crippen molar-refractivity contribution in [3.8, 4) is 17.2 Å². The van der Waals surface area contributed by atoms with Crippen molar-refractivity contribution in [1.82, 2.24) is 0 Å². The Morgan fingerprint density at radius 2 is 1.60 bits per heavy atom. The molecule has 0 atom stereocenters. The lowest BCUT2D eigenvalue weighted by Gasteiger charge is -2.16. The van der Waals surface area contributed by atoms with E-state index in [2.05, 4.69) is 5.32 Å². The van der Waals surface area contributed by atoms with Crippen molar-refractivity contribution >= 4 is 11.6 Å². The third kappa shape index (κ3) is 2.98. The van der Waals surface area contributed by atoms with Crippen molar-refractivity contribution in [2.24, 2.45) is 5.92 Å². The zero-order valence-electron chi connectivity index (χ0n) is 12.2. The highest BCUT2D eigenvalue weighted by Crippen LogP contribution is 2.40. The maximum Gasteiger partial charge on any atom is 0.227 e. The van der Waals surface area contributed by atoms with Gasteiger partial charge in [0.2, 0.25) is 11.7 Å².